The van der Waals surface area contributed by atoms with E-state index in [-0.39, 0.29) is 17.9 Å². The van der Waals surface area contributed by atoms with Crippen molar-refractivity contribution in [2.75, 3.05) is 26.4 Å². The fourth-order valence-electron chi connectivity index (χ4n) is 4.68. The predicted octanol–water partition coefficient (Wildman–Crippen LogP) is 2.99. The number of benzene rings is 1. The van der Waals surface area contributed by atoms with E-state index in [9.17, 15) is 9.59 Å². The average molecular weight is 454 g/mol. The zero-order valence-corrected chi connectivity index (χ0v) is 19.5. The number of nitrogens with one attached hydrogen (secondary N) is 1. The lowest BCUT2D eigenvalue weighted by molar-refractivity contribution is -0.143. The lowest BCUT2D eigenvalue weighted by Gasteiger charge is -2.31. The summed E-state index contributed by atoms with van der Waals surface area (Å²) in [6.45, 7) is 5.09. The Labute approximate surface area is 193 Å². The third-order valence-electron chi connectivity index (χ3n) is 6.64. The van der Waals surface area contributed by atoms with E-state index in [4.69, 9.17) is 14.2 Å². The van der Waals surface area contributed by atoms with Crippen LogP contribution >= 0.6 is 0 Å². The molecule has 4 rings (SSSR count). The highest BCUT2D eigenvalue weighted by Crippen LogP contribution is 2.43. The molecule has 0 bridgehead atoms. The topological polar surface area (TPSA) is 91.7 Å². The summed E-state index contributed by atoms with van der Waals surface area (Å²) in [6.07, 6.45) is 7.19. The molecule has 1 aliphatic heterocycles. The van der Waals surface area contributed by atoms with Gasteiger partial charge in [0.1, 0.15) is 13.2 Å². The first-order chi connectivity index (χ1) is 15.9. The number of rotatable bonds is 7. The number of aromatic nitrogens is 2. The monoisotopic (exact) mass is 453 g/mol. The molecule has 8 heteroatoms. The summed E-state index contributed by atoms with van der Waals surface area (Å²) in [5.74, 6) is 0.652. The lowest BCUT2D eigenvalue weighted by atomic mass is 9.78. The molecule has 1 amide bonds. The van der Waals surface area contributed by atoms with E-state index < -0.39 is 5.97 Å². The van der Waals surface area contributed by atoms with Gasteiger partial charge in [-0.2, -0.15) is 5.10 Å². The summed E-state index contributed by atoms with van der Waals surface area (Å²) in [7, 11) is 1.85. The molecule has 2 aliphatic rings. The number of aryl methyl sites for hydroxylation is 2. The Balaban J connectivity index is 1.32. The first-order valence-electron chi connectivity index (χ1n) is 11.4. The second-order valence-corrected chi connectivity index (χ2v) is 8.77. The van der Waals surface area contributed by atoms with Crippen molar-refractivity contribution in [3.8, 4) is 11.5 Å². The van der Waals surface area contributed by atoms with Gasteiger partial charge in [-0.25, -0.2) is 4.79 Å². The molecule has 0 radical (unpaired) electrons. The number of amides is 1. The smallest absolute Gasteiger partial charge is 0.331 e. The third kappa shape index (κ3) is 5.05. The molecule has 0 spiro atoms. The van der Waals surface area contributed by atoms with Crippen molar-refractivity contribution in [2.45, 2.75) is 44.9 Å². The zero-order valence-electron chi connectivity index (χ0n) is 19.5. The molecule has 33 heavy (non-hydrogen) atoms. The highest BCUT2D eigenvalue weighted by molar-refractivity contribution is 5.89. The van der Waals surface area contributed by atoms with Crippen molar-refractivity contribution in [3.63, 3.8) is 0 Å². The summed E-state index contributed by atoms with van der Waals surface area (Å²) in [6, 6.07) is 6.06. The van der Waals surface area contributed by atoms with Gasteiger partial charge >= 0.3 is 5.97 Å². The summed E-state index contributed by atoms with van der Waals surface area (Å²) >= 11 is 0. The summed E-state index contributed by atoms with van der Waals surface area (Å²) in [4.78, 5) is 24.5. The molecule has 1 N–H and O–H groups in total. The molecule has 2 aromatic rings. The molecule has 0 saturated heterocycles. The molecule has 8 nitrogen and oxygen atoms in total. The van der Waals surface area contributed by atoms with Gasteiger partial charge < -0.3 is 19.5 Å². The van der Waals surface area contributed by atoms with Crippen LogP contribution < -0.4 is 14.8 Å². The van der Waals surface area contributed by atoms with Gasteiger partial charge in [-0.1, -0.05) is 18.9 Å². The molecule has 1 aromatic heterocycles. The molecule has 0 atom stereocenters. The Morgan fingerprint density at radius 1 is 1.18 bits per heavy atom. The van der Waals surface area contributed by atoms with Crippen molar-refractivity contribution in [2.24, 2.45) is 7.05 Å². The van der Waals surface area contributed by atoms with Crippen molar-refractivity contribution < 1.29 is 23.8 Å². The van der Waals surface area contributed by atoms with Gasteiger partial charge in [-0.05, 0) is 50.5 Å². The van der Waals surface area contributed by atoms with E-state index >= 15 is 0 Å². The van der Waals surface area contributed by atoms with Gasteiger partial charge in [0, 0.05) is 36.3 Å². The van der Waals surface area contributed by atoms with E-state index in [1.54, 1.807) is 10.8 Å². The number of nitrogens with zero attached hydrogens (tertiary/aromatic N) is 2. The summed E-state index contributed by atoms with van der Waals surface area (Å²) in [5.41, 5.74) is 3.66. The second-order valence-electron chi connectivity index (χ2n) is 8.77. The van der Waals surface area contributed by atoms with Gasteiger partial charge in [-0.3, -0.25) is 9.48 Å². The van der Waals surface area contributed by atoms with Gasteiger partial charge in [-0.15, -0.1) is 0 Å². The number of hydrogen-bond donors (Lipinski definition) is 1. The molecule has 1 aromatic carbocycles. The van der Waals surface area contributed by atoms with Crippen molar-refractivity contribution in [3.05, 3.63) is 46.8 Å². The maximum atomic E-state index is 12.4. The summed E-state index contributed by atoms with van der Waals surface area (Å²) in [5, 5.41) is 7.28. The van der Waals surface area contributed by atoms with Gasteiger partial charge in [0.25, 0.3) is 5.91 Å². The molecule has 1 fully saturated rings. The average Bonchev–Trinajstić information content (AvgIpc) is 3.39. The SMILES string of the molecule is Cc1nn(C)c(C)c1C=CC(=O)OCC(=O)NCC1(c2ccc3c(c2)OCCO3)CCCC1. The molecule has 2 heterocycles. The van der Waals surface area contributed by atoms with E-state index in [1.165, 1.54) is 6.08 Å². The Hall–Kier alpha value is -3.29. The lowest BCUT2D eigenvalue weighted by Crippen LogP contribution is -2.40. The van der Waals surface area contributed by atoms with Crippen LogP contribution in [0.25, 0.3) is 6.08 Å². The van der Waals surface area contributed by atoms with Crippen molar-refractivity contribution in [1.29, 1.82) is 0 Å². The van der Waals surface area contributed by atoms with Crippen LogP contribution in [-0.4, -0.2) is 48.0 Å². The van der Waals surface area contributed by atoms with Crippen LogP contribution in [0.4, 0.5) is 0 Å². The summed E-state index contributed by atoms with van der Waals surface area (Å²) < 4.78 is 18.3. The Bertz CT molecular complexity index is 1070. The minimum absolute atomic E-state index is 0.148. The maximum absolute atomic E-state index is 12.4. The standard InChI is InChI=1S/C25H31N3O5/c1-17-20(18(2)28(3)27-17)7-9-24(30)33-15-23(29)26-16-25(10-4-5-11-25)19-6-8-21-22(14-19)32-13-12-31-21/h6-9,14H,4-5,10-13,15-16H2,1-3H3,(H,26,29). The number of carbonyl (C=O) groups is 2. The highest BCUT2D eigenvalue weighted by Gasteiger charge is 2.36. The zero-order chi connectivity index (χ0) is 23.4. The van der Waals surface area contributed by atoms with E-state index in [0.29, 0.717) is 19.8 Å². The predicted molar refractivity (Wildman–Crippen MR) is 123 cm³/mol. The first-order valence-corrected chi connectivity index (χ1v) is 11.4. The number of fused-ring (bicyclic) bond motifs is 1. The molecule has 1 aliphatic carbocycles. The van der Waals surface area contributed by atoms with Crippen LogP contribution in [0, 0.1) is 13.8 Å². The fourth-order valence-corrected chi connectivity index (χ4v) is 4.68. The van der Waals surface area contributed by atoms with Crippen LogP contribution in [0.5, 0.6) is 11.5 Å². The molecule has 1 saturated carbocycles. The minimum Gasteiger partial charge on any atom is -0.486 e. The molecule has 176 valence electrons. The van der Waals surface area contributed by atoms with Gasteiger partial charge in [0.15, 0.2) is 18.1 Å². The number of carbonyl (C=O) groups excluding carboxylic acids is 2. The molecule has 0 unspecified atom stereocenters. The maximum Gasteiger partial charge on any atom is 0.331 e. The number of esters is 1. The highest BCUT2D eigenvalue weighted by atomic mass is 16.6. The van der Waals surface area contributed by atoms with Crippen LogP contribution in [0.15, 0.2) is 24.3 Å². The Kier molecular flexibility index (Phi) is 6.72. The van der Waals surface area contributed by atoms with Gasteiger partial charge in [0.05, 0.1) is 5.69 Å². The quantitative estimate of drug-likeness (QED) is 0.512. The minimum atomic E-state index is -0.560. The number of ether oxygens (including phenoxy) is 3. The van der Waals surface area contributed by atoms with Crippen LogP contribution in [-0.2, 0) is 26.8 Å². The van der Waals surface area contributed by atoms with Crippen LogP contribution in [0.3, 0.4) is 0 Å². The fraction of sp³-hybridized carbons (Fsp3) is 0.480. The third-order valence-corrected chi connectivity index (χ3v) is 6.64. The van der Waals surface area contributed by atoms with Crippen LogP contribution in [0.1, 0.15) is 48.2 Å². The number of hydrogen-bond acceptors (Lipinski definition) is 6. The van der Waals surface area contributed by atoms with Crippen LogP contribution in [0.2, 0.25) is 0 Å². The first kappa shape index (κ1) is 22.9. The largest absolute Gasteiger partial charge is 0.486 e. The normalized spacial score (nSPS) is 16.7. The second kappa shape index (κ2) is 9.68. The van der Waals surface area contributed by atoms with E-state index in [1.807, 2.05) is 33.0 Å². The Morgan fingerprint density at radius 2 is 1.91 bits per heavy atom. The van der Waals surface area contributed by atoms with Gasteiger partial charge in [0.2, 0.25) is 0 Å². The van der Waals surface area contributed by atoms with Crippen molar-refractivity contribution >= 4 is 18.0 Å². The van der Waals surface area contributed by atoms with E-state index in [2.05, 4.69) is 16.5 Å². The van der Waals surface area contributed by atoms with Crippen molar-refractivity contribution in [1.82, 2.24) is 15.1 Å². The molecular weight excluding hydrogens is 422 g/mol. The Morgan fingerprint density at radius 3 is 2.61 bits per heavy atom. The van der Waals surface area contributed by atoms with E-state index in [0.717, 1.165) is 59.7 Å². The molecular formula is C25H31N3O5.